The van der Waals surface area contributed by atoms with E-state index in [4.69, 9.17) is 15.0 Å². The molecule has 2 atom stereocenters. The molecule has 0 radical (unpaired) electrons. The maximum Gasteiger partial charge on any atom is 0.223 e. The van der Waals surface area contributed by atoms with Gasteiger partial charge in [0.2, 0.25) is 11.8 Å². The molecule has 0 spiro atoms. The van der Waals surface area contributed by atoms with Gasteiger partial charge >= 0.3 is 0 Å². The number of nitrogen functional groups attached to an aromatic ring is 1. The molecule has 1 aliphatic rings. The van der Waals surface area contributed by atoms with E-state index in [1.807, 2.05) is 4.68 Å². The van der Waals surface area contributed by atoms with Crippen molar-refractivity contribution in [3.63, 3.8) is 0 Å². The summed E-state index contributed by atoms with van der Waals surface area (Å²) in [7, 11) is 3.90. The molecule has 1 aliphatic heterocycles. The van der Waals surface area contributed by atoms with Crippen molar-refractivity contribution < 1.29 is 9.26 Å². The van der Waals surface area contributed by atoms with Gasteiger partial charge in [0, 0.05) is 44.2 Å². The van der Waals surface area contributed by atoms with Crippen molar-refractivity contribution >= 4 is 22.8 Å². The van der Waals surface area contributed by atoms with Crippen LogP contribution >= 0.6 is 0 Å². The van der Waals surface area contributed by atoms with Crippen LogP contribution in [0.1, 0.15) is 36.7 Å². The Morgan fingerprint density at radius 1 is 1.14 bits per heavy atom. The third-order valence-electron chi connectivity index (χ3n) is 6.97. The van der Waals surface area contributed by atoms with Gasteiger partial charge in [-0.2, -0.15) is 15.1 Å². The lowest BCUT2D eigenvalue weighted by Crippen LogP contribution is -2.54. The SMILES string of the molecule is COc1cc(CN2C[C@H](C)N(C)C[C@@H]2C)ccc1Cn1ncc2nc(N)nc(NCc3noc(C)n3)c21. The quantitative estimate of drug-likeness (QED) is 0.364. The molecule has 5 rings (SSSR count). The zero-order chi connectivity index (χ0) is 26.1. The van der Waals surface area contributed by atoms with Gasteiger partial charge in [0.1, 0.15) is 16.8 Å². The Labute approximate surface area is 215 Å². The van der Waals surface area contributed by atoms with Crippen molar-refractivity contribution in [3.05, 3.63) is 47.2 Å². The zero-order valence-electron chi connectivity index (χ0n) is 22.0. The molecule has 1 aromatic carbocycles. The first-order valence-electron chi connectivity index (χ1n) is 12.4. The predicted molar refractivity (Wildman–Crippen MR) is 140 cm³/mol. The van der Waals surface area contributed by atoms with Gasteiger partial charge in [-0.05, 0) is 32.5 Å². The lowest BCUT2D eigenvalue weighted by Gasteiger charge is -2.42. The smallest absolute Gasteiger partial charge is 0.223 e. The fourth-order valence-corrected chi connectivity index (χ4v) is 4.84. The molecule has 12 heteroatoms. The average molecular weight is 507 g/mol. The maximum absolute atomic E-state index is 5.95. The Balaban J connectivity index is 1.37. The number of ether oxygens (including phenoxy) is 1. The maximum atomic E-state index is 5.95. The average Bonchev–Trinajstić information content (AvgIpc) is 3.47. The molecule has 4 heterocycles. The highest BCUT2D eigenvalue weighted by atomic mass is 16.5. The van der Waals surface area contributed by atoms with Crippen LogP contribution < -0.4 is 15.8 Å². The minimum atomic E-state index is 0.160. The molecule has 0 bridgehead atoms. The third-order valence-corrected chi connectivity index (χ3v) is 6.97. The van der Waals surface area contributed by atoms with Crippen LogP contribution in [0.3, 0.4) is 0 Å². The summed E-state index contributed by atoms with van der Waals surface area (Å²) in [5.74, 6) is 2.56. The van der Waals surface area contributed by atoms with Gasteiger partial charge in [-0.15, -0.1) is 0 Å². The topological polar surface area (TPSA) is 136 Å². The fraction of sp³-hybridized carbons (Fsp3) is 0.480. The number of aromatic nitrogens is 6. The molecule has 3 N–H and O–H groups in total. The Kier molecular flexibility index (Phi) is 6.94. The summed E-state index contributed by atoms with van der Waals surface area (Å²) >= 11 is 0. The minimum absolute atomic E-state index is 0.160. The van der Waals surface area contributed by atoms with Gasteiger partial charge in [-0.3, -0.25) is 9.58 Å². The lowest BCUT2D eigenvalue weighted by molar-refractivity contribution is 0.0545. The van der Waals surface area contributed by atoms with Gasteiger partial charge < -0.3 is 25.2 Å². The second kappa shape index (κ2) is 10.3. The number of nitrogens with zero attached hydrogens (tertiary/aromatic N) is 8. The van der Waals surface area contributed by atoms with E-state index in [0.29, 0.717) is 48.2 Å². The third kappa shape index (κ3) is 5.35. The molecule has 4 aromatic rings. The van der Waals surface area contributed by atoms with Gasteiger partial charge in [0.05, 0.1) is 26.4 Å². The van der Waals surface area contributed by atoms with E-state index in [1.165, 1.54) is 5.56 Å². The molecule has 1 fully saturated rings. The molecule has 0 amide bonds. The molecular weight excluding hydrogens is 472 g/mol. The highest BCUT2D eigenvalue weighted by Gasteiger charge is 2.26. The number of methoxy groups -OCH3 is 1. The number of hydrogen-bond acceptors (Lipinski definition) is 11. The summed E-state index contributed by atoms with van der Waals surface area (Å²) in [5, 5.41) is 11.7. The molecule has 0 aliphatic carbocycles. The van der Waals surface area contributed by atoms with Crippen molar-refractivity contribution in [1.82, 2.24) is 39.7 Å². The van der Waals surface area contributed by atoms with E-state index < -0.39 is 0 Å². The standard InChI is InChI=1S/C25H34N10O2/c1-15-12-34(16(2)11-33(15)4)13-18-6-7-19(21(8-18)36-5)14-35-23-20(9-28-35)30-25(26)31-24(23)27-10-22-29-17(3)37-32-22/h6-9,15-16H,10-14H2,1-5H3,(H3,26,27,30,31)/t15-,16-/m0/s1. The summed E-state index contributed by atoms with van der Waals surface area (Å²) in [6.45, 7) is 10.1. The molecule has 0 unspecified atom stereocenters. The molecule has 3 aromatic heterocycles. The molecule has 1 saturated heterocycles. The van der Waals surface area contributed by atoms with Gasteiger partial charge in [0.25, 0.3) is 0 Å². The molecule has 37 heavy (non-hydrogen) atoms. The minimum Gasteiger partial charge on any atom is -0.496 e. The first kappa shape index (κ1) is 24.9. The van der Waals surface area contributed by atoms with E-state index in [1.54, 1.807) is 20.2 Å². The molecule has 196 valence electrons. The second-order valence-corrected chi connectivity index (χ2v) is 9.76. The molecule has 12 nitrogen and oxygen atoms in total. The number of anilines is 2. The Hall–Kier alpha value is -3.77. The first-order valence-corrected chi connectivity index (χ1v) is 12.4. The number of rotatable bonds is 8. The van der Waals surface area contributed by atoms with Crippen LogP contribution in [0, 0.1) is 6.92 Å². The molecular formula is C25H34N10O2. The van der Waals surface area contributed by atoms with Crippen LogP contribution in [-0.2, 0) is 19.6 Å². The summed E-state index contributed by atoms with van der Waals surface area (Å²) in [4.78, 5) is 17.9. The van der Waals surface area contributed by atoms with Gasteiger partial charge in [0.15, 0.2) is 11.6 Å². The van der Waals surface area contributed by atoms with Crippen LogP contribution in [0.15, 0.2) is 28.9 Å². The highest BCUT2D eigenvalue weighted by molar-refractivity contribution is 5.86. The largest absolute Gasteiger partial charge is 0.496 e. The number of fused-ring (bicyclic) bond motifs is 1. The Bertz CT molecular complexity index is 1380. The number of piperazine rings is 1. The summed E-state index contributed by atoms with van der Waals surface area (Å²) in [5.41, 5.74) is 9.56. The number of likely N-dealkylation sites (N-methyl/N-ethyl adjacent to an activating group) is 1. The van der Waals surface area contributed by atoms with Crippen LogP contribution in [0.5, 0.6) is 5.75 Å². The van der Waals surface area contributed by atoms with Crippen LogP contribution in [0.25, 0.3) is 11.0 Å². The van der Waals surface area contributed by atoms with E-state index in [2.05, 4.69) is 79.4 Å². The summed E-state index contributed by atoms with van der Waals surface area (Å²) < 4.78 is 12.7. The number of benzene rings is 1. The number of hydrogen-bond donors (Lipinski definition) is 2. The van der Waals surface area contributed by atoms with Crippen LogP contribution in [0.4, 0.5) is 11.8 Å². The second-order valence-electron chi connectivity index (χ2n) is 9.76. The summed E-state index contributed by atoms with van der Waals surface area (Å²) in [6.07, 6.45) is 1.69. The van der Waals surface area contributed by atoms with Crippen molar-refractivity contribution in [1.29, 1.82) is 0 Å². The highest BCUT2D eigenvalue weighted by Crippen LogP contribution is 2.27. The predicted octanol–water partition coefficient (Wildman–Crippen LogP) is 2.29. The van der Waals surface area contributed by atoms with Crippen LogP contribution in [-0.4, -0.2) is 79.0 Å². The van der Waals surface area contributed by atoms with E-state index in [9.17, 15) is 0 Å². The lowest BCUT2D eigenvalue weighted by atomic mass is 10.1. The van der Waals surface area contributed by atoms with Crippen molar-refractivity contribution in [2.45, 2.75) is 52.5 Å². The monoisotopic (exact) mass is 506 g/mol. The number of nitrogens with two attached hydrogens (primary N) is 1. The summed E-state index contributed by atoms with van der Waals surface area (Å²) in [6, 6.07) is 7.44. The fourth-order valence-electron chi connectivity index (χ4n) is 4.84. The Morgan fingerprint density at radius 2 is 1.97 bits per heavy atom. The van der Waals surface area contributed by atoms with E-state index in [-0.39, 0.29) is 5.95 Å². The first-order chi connectivity index (χ1) is 17.8. The Morgan fingerprint density at radius 3 is 2.73 bits per heavy atom. The van der Waals surface area contributed by atoms with Crippen LogP contribution in [0.2, 0.25) is 0 Å². The normalized spacial score (nSPS) is 18.9. The number of aryl methyl sites for hydroxylation is 1. The number of nitrogens with one attached hydrogen (secondary N) is 1. The van der Waals surface area contributed by atoms with E-state index >= 15 is 0 Å². The van der Waals surface area contributed by atoms with Crippen molar-refractivity contribution in [3.8, 4) is 5.75 Å². The van der Waals surface area contributed by atoms with E-state index in [0.717, 1.165) is 36.5 Å². The van der Waals surface area contributed by atoms with Crippen molar-refractivity contribution in [2.75, 3.05) is 38.3 Å². The van der Waals surface area contributed by atoms with Gasteiger partial charge in [-0.25, -0.2) is 4.98 Å². The van der Waals surface area contributed by atoms with Crippen molar-refractivity contribution in [2.24, 2.45) is 0 Å². The van der Waals surface area contributed by atoms with Gasteiger partial charge in [-0.1, -0.05) is 17.3 Å². The zero-order valence-corrected chi connectivity index (χ0v) is 22.0. The molecule has 0 saturated carbocycles.